The van der Waals surface area contributed by atoms with Gasteiger partial charge in [-0.25, -0.2) is 0 Å². The third-order valence-corrected chi connectivity index (χ3v) is 5.83. The zero-order valence-electron chi connectivity index (χ0n) is 16.9. The molecule has 6 heteroatoms. The topological polar surface area (TPSA) is 67.9 Å². The number of carbonyl (C=O) groups is 2. The van der Waals surface area contributed by atoms with E-state index in [1.807, 2.05) is 12.1 Å². The normalized spacial score (nSPS) is 18.3. The Bertz CT molecular complexity index is 940. The number of benzene rings is 2. The smallest absolute Gasteiger partial charge is 0.229 e. The molecule has 1 saturated heterocycles. The van der Waals surface area contributed by atoms with E-state index in [1.54, 1.807) is 37.3 Å². The Labute approximate surface area is 170 Å². The van der Waals surface area contributed by atoms with Gasteiger partial charge in [0.2, 0.25) is 11.8 Å². The number of carbonyl (C=O) groups excluding carboxylic acids is 2. The van der Waals surface area contributed by atoms with E-state index < -0.39 is 5.92 Å². The molecule has 152 valence electrons. The molecule has 0 radical (unpaired) electrons. The van der Waals surface area contributed by atoms with E-state index in [0.29, 0.717) is 23.7 Å². The molecule has 4 rings (SSSR count). The minimum absolute atomic E-state index is 0.0799. The van der Waals surface area contributed by atoms with Crippen LogP contribution in [0.15, 0.2) is 36.4 Å². The number of ether oxygens (including phenoxy) is 2. The number of nitrogens with one attached hydrogen (secondary N) is 1. The number of methoxy groups -OCH3 is 2. The lowest BCUT2D eigenvalue weighted by molar-refractivity contribution is -0.122. The Morgan fingerprint density at radius 3 is 2.72 bits per heavy atom. The van der Waals surface area contributed by atoms with E-state index in [2.05, 4.69) is 11.4 Å². The fourth-order valence-corrected chi connectivity index (χ4v) is 4.26. The second-order valence-corrected chi connectivity index (χ2v) is 7.58. The van der Waals surface area contributed by atoms with Crippen LogP contribution in [0.5, 0.6) is 11.5 Å². The van der Waals surface area contributed by atoms with Gasteiger partial charge in [-0.05, 0) is 55.0 Å². The van der Waals surface area contributed by atoms with Gasteiger partial charge >= 0.3 is 0 Å². The SMILES string of the molecule is COc1ccc(N2CC(C(=O)Nc3cccc4c3CCCC4)CC2=O)c(OC)c1. The summed E-state index contributed by atoms with van der Waals surface area (Å²) in [5.74, 6) is 0.626. The number of fused-ring (bicyclic) bond motifs is 1. The van der Waals surface area contributed by atoms with Crippen LogP contribution in [0.1, 0.15) is 30.4 Å². The highest BCUT2D eigenvalue weighted by molar-refractivity contribution is 6.04. The Morgan fingerprint density at radius 2 is 1.93 bits per heavy atom. The quantitative estimate of drug-likeness (QED) is 0.842. The molecule has 2 aromatic rings. The van der Waals surface area contributed by atoms with Crippen LogP contribution in [0.4, 0.5) is 11.4 Å². The number of aryl methyl sites for hydroxylation is 1. The zero-order chi connectivity index (χ0) is 20.4. The molecule has 2 aromatic carbocycles. The number of amides is 2. The van der Waals surface area contributed by atoms with Crippen molar-refractivity contribution in [3.8, 4) is 11.5 Å². The maximum atomic E-state index is 12.9. The molecule has 0 saturated carbocycles. The first kappa shape index (κ1) is 19.3. The van der Waals surface area contributed by atoms with E-state index in [4.69, 9.17) is 9.47 Å². The number of hydrogen-bond acceptors (Lipinski definition) is 4. The van der Waals surface area contributed by atoms with Crippen molar-refractivity contribution in [1.29, 1.82) is 0 Å². The van der Waals surface area contributed by atoms with Crippen LogP contribution in [0.3, 0.4) is 0 Å². The molecule has 1 atom stereocenters. The van der Waals surface area contributed by atoms with Crippen LogP contribution in [0, 0.1) is 5.92 Å². The molecule has 1 heterocycles. The van der Waals surface area contributed by atoms with E-state index in [-0.39, 0.29) is 18.2 Å². The summed E-state index contributed by atoms with van der Waals surface area (Å²) < 4.78 is 10.7. The molecule has 1 aliphatic carbocycles. The maximum absolute atomic E-state index is 12.9. The minimum Gasteiger partial charge on any atom is -0.497 e. The van der Waals surface area contributed by atoms with E-state index in [1.165, 1.54) is 17.5 Å². The number of hydrogen-bond donors (Lipinski definition) is 1. The molecular formula is C23H26N2O4. The van der Waals surface area contributed by atoms with Crippen LogP contribution < -0.4 is 19.7 Å². The van der Waals surface area contributed by atoms with Gasteiger partial charge in [-0.2, -0.15) is 0 Å². The van der Waals surface area contributed by atoms with Crippen molar-refractivity contribution < 1.29 is 19.1 Å². The van der Waals surface area contributed by atoms with Gasteiger partial charge in [0.15, 0.2) is 0 Å². The molecule has 29 heavy (non-hydrogen) atoms. The van der Waals surface area contributed by atoms with Crippen molar-refractivity contribution in [3.05, 3.63) is 47.5 Å². The predicted octanol–water partition coefficient (Wildman–Crippen LogP) is 3.57. The first-order valence-electron chi connectivity index (χ1n) is 10.0. The summed E-state index contributed by atoms with van der Waals surface area (Å²) in [6.07, 6.45) is 4.58. The standard InChI is InChI=1S/C23H26N2O4/c1-28-17-10-11-20(21(13-17)29-2)25-14-16(12-22(25)26)23(27)24-19-9-5-7-15-6-3-4-8-18(15)19/h5,7,9-11,13,16H,3-4,6,8,12,14H2,1-2H3,(H,24,27). The van der Waals surface area contributed by atoms with E-state index >= 15 is 0 Å². The van der Waals surface area contributed by atoms with Crippen LogP contribution in [0.25, 0.3) is 0 Å². The zero-order valence-corrected chi connectivity index (χ0v) is 16.9. The lowest BCUT2D eigenvalue weighted by Gasteiger charge is -2.21. The van der Waals surface area contributed by atoms with Crippen molar-refractivity contribution in [2.45, 2.75) is 32.1 Å². The monoisotopic (exact) mass is 394 g/mol. The Balaban J connectivity index is 1.51. The molecule has 1 aliphatic heterocycles. The van der Waals surface area contributed by atoms with Crippen LogP contribution in [-0.2, 0) is 22.4 Å². The summed E-state index contributed by atoms with van der Waals surface area (Å²) in [4.78, 5) is 27.2. The highest BCUT2D eigenvalue weighted by atomic mass is 16.5. The highest BCUT2D eigenvalue weighted by Crippen LogP contribution is 2.36. The van der Waals surface area contributed by atoms with Crippen molar-refractivity contribution in [1.82, 2.24) is 0 Å². The third-order valence-electron chi connectivity index (χ3n) is 5.83. The predicted molar refractivity (Wildman–Crippen MR) is 112 cm³/mol. The average Bonchev–Trinajstić information content (AvgIpc) is 3.15. The summed E-state index contributed by atoms with van der Waals surface area (Å²) in [6, 6.07) is 11.4. The Hall–Kier alpha value is -3.02. The van der Waals surface area contributed by atoms with Gasteiger partial charge in [0.05, 0.1) is 25.8 Å². The summed E-state index contributed by atoms with van der Waals surface area (Å²) in [5, 5.41) is 3.08. The second-order valence-electron chi connectivity index (χ2n) is 7.58. The van der Waals surface area contributed by atoms with E-state index in [0.717, 1.165) is 24.9 Å². The summed E-state index contributed by atoms with van der Waals surface area (Å²) in [5.41, 5.74) is 4.11. The summed E-state index contributed by atoms with van der Waals surface area (Å²) in [7, 11) is 3.14. The lowest BCUT2D eigenvalue weighted by atomic mass is 9.90. The molecule has 0 spiro atoms. The highest BCUT2D eigenvalue weighted by Gasteiger charge is 2.36. The summed E-state index contributed by atoms with van der Waals surface area (Å²) >= 11 is 0. The molecule has 6 nitrogen and oxygen atoms in total. The first-order valence-corrected chi connectivity index (χ1v) is 10.0. The Morgan fingerprint density at radius 1 is 1.10 bits per heavy atom. The van der Waals surface area contributed by atoms with Crippen LogP contribution in [0.2, 0.25) is 0 Å². The molecule has 2 aliphatic rings. The average molecular weight is 394 g/mol. The second kappa shape index (κ2) is 8.15. The number of nitrogens with zero attached hydrogens (tertiary/aromatic N) is 1. The van der Waals surface area contributed by atoms with Crippen LogP contribution >= 0.6 is 0 Å². The van der Waals surface area contributed by atoms with Crippen LogP contribution in [-0.4, -0.2) is 32.6 Å². The van der Waals surface area contributed by atoms with Gasteiger partial charge in [0.25, 0.3) is 0 Å². The maximum Gasteiger partial charge on any atom is 0.229 e. The molecule has 2 amide bonds. The fraction of sp³-hybridized carbons (Fsp3) is 0.391. The van der Waals surface area contributed by atoms with Gasteiger partial charge in [0.1, 0.15) is 11.5 Å². The Kier molecular flexibility index (Phi) is 5.43. The van der Waals surface area contributed by atoms with Crippen molar-refractivity contribution in [2.75, 3.05) is 31.0 Å². The van der Waals surface area contributed by atoms with Gasteiger partial charge < -0.3 is 19.7 Å². The van der Waals surface area contributed by atoms with Gasteiger partial charge in [-0.1, -0.05) is 12.1 Å². The number of rotatable bonds is 5. The molecule has 1 unspecified atom stereocenters. The molecule has 0 aromatic heterocycles. The van der Waals surface area contributed by atoms with Crippen molar-refractivity contribution in [2.24, 2.45) is 5.92 Å². The lowest BCUT2D eigenvalue weighted by Crippen LogP contribution is -2.28. The van der Waals surface area contributed by atoms with E-state index in [9.17, 15) is 9.59 Å². The number of anilines is 2. The van der Waals surface area contributed by atoms with Gasteiger partial charge in [0, 0.05) is 24.7 Å². The van der Waals surface area contributed by atoms with Gasteiger partial charge in [-0.15, -0.1) is 0 Å². The van der Waals surface area contributed by atoms with Crippen molar-refractivity contribution >= 4 is 23.2 Å². The van der Waals surface area contributed by atoms with Gasteiger partial charge in [-0.3, -0.25) is 9.59 Å². The molecule has 1 N–H and O–H groups in total. The van der Waals surface area contributed by atoms with Crippen molar-refractivity contribution in [3.63, 3.8) is 0 Å². The molecule has 1 fully saturated rings. The first-order chi connectivity index (χ1) is 14.1. The minimum atomic E-state index is -0.395. The third kappa shape index (κ3) is 3.79. The molecular weight excluding hydrogens is 368 g/mol. The molecule has 0 bridgehead atoms. The largest absolute Gasteiger partial charge is 0.497 e. The fourth-order valence-electron chi connectivity index (χ4n) is 4.26. The summed E-state index contributed by atoms with van der Waals surface area (Å²) in [6.45, 7) is 0.336.